The van der Waals surface area contributed by atoms with Crippen LogP contribution in [0, 0.1) is 0 Å². The Labute approximate surface area is 132 Å². The van der Waals surface area contributed by atoms with Crippen molar-refractivity contribution in [3.63, 3.8) is 0 Å². The zero-order valence-electron chi connectivity index (χ0n) is 13.8. The van der Waals surface area contributed by atoms with Gasteiger partial charge in [0.1, 0.15) is 11.4 Å². The summed E-state index contributed by atoms with van der Waals surface area (Å²) >= 11 is 0. The number of benzene rings is 2. The van der Waals surface area contributed by atoms with Crippen LogP contribution in [0.2, 0.25) is 0 Å². The molecular weight excluding hydrogens is 276 g/mol. The quantitative estimate of drug-likeness (QED) is 0.754. The van der Waals surface area contributed by atoms with Crippen LogP contribution in [0.1, 0.15) is 25.8 Å². The fourth-order valence-electron chi connectivity index (χ4n) is 2.43. The summed E-state index contributed by atoms with van der Waals surface area (Å²) in [5.74, 6) is 2.17. The van der Waals surface area contributed by atoms with E-state index in [1.54, 1.807) is 14.2 Å². The highest BCUT2D eigenvalue weighted by Crippen LogP contribution is 2.33. The first kappa shape index (κ1) is 16.2. The minimum atomic E-state index is -0.263. The molecule has 3 heteroatoms. The summed E-state index contributed by atoms with van der Waals surface area (Å²) in [6, 6.07) is 16.1. The first-order valence-electron chi connectivity index (χ1n) is 7.55. The summed E-state index contributed by atoms with van der Waals surface area (Å²) in [6.07, 6.45) is 1.77. The Balaban J connectivity index is 2.18. The Morgan fingerprint density at radius 2 is 1.59 bits per heavy atom. The summed E-state index contributed by atoms with van der Waals surface area (Å²) in [6.45, 7) is 4.28. The van der Waals surface area contributed by atoms with Gasteiger partial charge in [-0.1, -0.05) is 37.3 Å². The predicted octanol–water partition coefficient (Wildman–Crippen LogP) is 4.49. The molecule has 0 spiro atoms. The number of methoxy groups -OCH3 is 2. The lowest BCUT2D eigenvalue weighted by Crippen LogP contribution is -2.34. The van der Waals surface area contributed by atoms with E-state index in [1.807, 2.05) is 24.3 Å². The zero-order valence-corrected chi connectivity index (χ0v) is 13.8. The number of ether oxygens (including phenoxy) is 3. The van der Waals surface area contributed by atoms with Crippen molar-refractivity contribution in [2.75, 3.05) is 14.2 Å². The molecule has 0 amide bonds. The monoisotopic (exact) mass is 300 g/mol. The van der Waals surface area contributed by atoms with E-state index >= 15 is 0 Å². The molecule has 0 aliphatic carbocycles. The van der Waals surface area contributed by atoms with Crippen molar-refractivity contribution in [2.45, 2.75) is 32.3 Å². The van der Waals surface area contributed by atoms with Gasteiger partial charge in [-0.3, -0.25) is 0 Å². The SMILES string of the molecule is CCC(C)(Cc1ccccc1)Oc1ccc(OC)c(OC)c1. The van der Waals surface area contributed by atoms with Gasteiger partial charge in [-0.15, -0.1) is 0 Å². The molecule has 118 valence electrons. The second kappa shape index (κ2) is 7.21. The van der Waals surface area contributed by atoms with Crippen LogP contribution >= 0.6 is 0 Å². The van der Waals surface area contributed by atoms with Crippen molar-refractivity contribution in [1.29, 1.82) is 0 Å². The minimum absolute atomic E-state index is 0.263. The fraction of sp³-hybridized carbons (Fsp3) is 0.368. The lowest BCUT2D eigenvalue weighted by atomic mass is 9.93. The molecule has 0 aromatic heterocycles. The summed E-state index contributed by atoms with van der Waals surface area (Å²) in [5.41, 5.74) is 1.01. The molecule has 1 atom stereocenters. The van der Waals surface area contributed by atoms with E-state index in [1.165, 1.54) is 5.56 Å². The van der Waals surface area contributed by atoms with Gasteiger partial charge in [-0.25, -0.2) is 0 Å². The van der Waals surface area contributed by atoms with Gasteiger partial charge in [0.05, 0.1) is 14.2 Å². The molecule has 0 saturated carbocycles. The third-order valence-electron chi connectivity index (χ3n) is 3.89. The Kier molecular flexibility index (Phi) is 5.31. The average Bonchev–Trinajstić information content (AvgIpc) is 2.55. The maximum atomic E-state index is 6.26. The maximum Gasteiger partial charge on any atom is 0.164 e. The largest absolute Gasteiger partial charge is 0.493 e. The van der Waals surface area contributed by atoms with Crippen molar-refractivity contribution < 1.29 is 14.2 Å². The Morgan fingerprint density at radius 3 is 2.18 bits per heavy atom. The summed E-state index contributed by atoms with van der Waals surface area (Å²) in [4.78, 5) is 0. The molecular formula is C19H24O3. The molecule has 2 aromatic rings. The van der Waals surface area contributed by atoms with Crippen LogP contribution in [0.5, 0.6) is 17.2 Å². The number of hydrogen-bond donors (Lipinski definition) is 0. The van der Waals surface area contributed by atoms with Gasteiger partial charge in [-0.05, 0) is 31.0 Å². The van der Waals surface area contributed by atoms with Crippen molar-refractivity contribution in [3.05, 3.63) is 54.1 Å². The second-order valence-electron chi connectivity index (χ2n) is 5.58. The van der Waals surface area contributed by atoms with Crippen LogP contribution in [0.25, 0.3) is 0 Å². The van der Waals surface area contributed by atoms with Crippen LogP contribution in [0.3, 0.4) is 0 Å². The highest BCUT2D eigenvalue weighted by atomic mass is 16.5. The van der Waals surface area contributed by atoms with Crippen LogP contribution in [0.4, 0.5) is 0 Å². The highest BCUT2D eigenvalue weighted by Gasteiger charge is 2.25. The van der Waals surface area contributed by atoms with Gasteiger partial charge >= 0.3 is 0 Å². The van der Waals surface area contributed by atoms with Gasteiger partial charge in [-0.2, -0.15) is 0 Å². The van der Waals surface area contributed by atoms with E-state index in [-0.39, 0.29) is 5.60 Å². The van der Waals surface area contributed by atoms with E-state index in [0.29, 0.717) is 11.5 Å². The zero-order chi connectivity index (χ0) is 16.0. The van der Waals surface area contributed by atoms with Gasteiger partial charge < -0.3 is 14.2 Å². The van der Waals surface area contributed by atoms with Crippen LogP contribution in [-0.4, -0.2) is 19.8 Å². The minimum Gasteiger partial charge on any atom is -0.493 e. The smallest absolute Gasteiger partial charge is 0.164 e. The van der Waals surface area contributed by atoms with Crippen LogP contribution in [-0.2, 0) is 6.42 Å². The topological polar surface area (TPSA) is 27.7 Å². The molecule has 0 heterocycles. The van der Waals surface area contributed by atoms with E-state index < -0.39 is 0 Å². The molecule has 3 nitrogen and oxygen atoms in total. The average molecular weight is 300 g/mol. The van der Waals surface area contributed by atoms with Gasteiger partial charge in [0, 0.05) is 12.5 Å². The van der Waals surface area contributed by atoms with Gasteiger partial charge in [0.25, 0.3) is 0 Å². The van der Waals surface area contributed by atoms with Gasteiger partial charge in [0.15, 0.2) is 11.5 Å². The maximum absolute atomic E-state index is 6.26. The molecule has 0 saturated heterocycles. The molecule has 22 heavy (non-hydrogen) atoms. The lowest BCUT2D eigenvalue weighted by molar-refractivity contribution is 0.0843. The predicted molar refractivity (Wildman–Crippen MR) is 89.0 cm³/mol. The summed E-state index contributed by atoms with van der Waals surface area (Å²) in [7, 11) is 3.26. The fourth-order valence-corrected chi connectivity index (χ4v) is 2.43. The van der Waals surface area contributed by atoms with Crippen molar-refractivity contribution >= 4 is 0 Å². The highest BCUT2D eigenvalue weighted by molar-refractivity contribution is 5.45. The van der Waals surface area contributed by atoms with E-state index in [0.717, 1.165) is 18.6 Å². The third kappa shape index (κ3) is 3.94. The van der Waals surface area contributed by atoms with Gasteiger partial charge in [0.2, 0.25) is 0 Å². The standard InChI is InChI=1S/C19H24O3/c1-5-19(2,14-15-9-7-6-8-10-15)22-16-11-12-17(20-3)18(13-16)21-4/h6-13H,5,14H2,1-4H3. The van der Waals surface area contributed by atoms with Crippen LogP contribution < -0.4 is 14.2 Å². The molecule has 1 unspecified atom stereocenters. The third-order valence-corrected chi connectivity index (χ3v) is 3.89. The van der Waals surface area contributed by atoms with E-state index in [4.69, 9.17) is 14.2 Å². The summed E-state index contributed by atoms with van der Waals surface area (Å²) in [5, 5.41) is 0. The van der Waals surface area contributed by atoms with E-state index in [9.17, 15) is 0 Å². The number of hydrogen-bond acceptors (Lipinski definition) is 3. The molecule has 2 aromatic carbocycles. The molecule has 2 rings (SSSR count). The van der Waals surface area contributed by atoms with Crippen molar-refractivity contribution in [2.24, 2.45) is 0 Å². The van der Waals surface area contributed by atoms with Crippen molar-refractivity contribution in [3.8, 4) is 17.2 Å². The molecule has 0 N–H and O–H groups in total. The first-order chi connectivity index (χ1) is 10.6. The molecule has 0 aliphatic heterocycles. The second-order valence-corrected chi connectivity index (χ2v) is 5.58. The Bertz CT molecular complexity index is 595. The molecule has 0 fully saturated rings. The molecule has 0 radical (unpaired) electrons. The molecule has 0 aliphatic rings. The first-order valence-corrected chi connectivity index (χ1v) is 7.55. The number of rotatable bonds is 7. The summed E-state index contributed by atoms with van der Waals surface area (Å²) < 4.78 is 16.9. The van der Waals surface area contributed by atoms with Crippen LogP contribution in [0.15, 0.2) is 48.5 Å². The van der Waals surface area contributed by atoms with E-state index in [2.05, 4.69) is 38.1 Å². The Hall–Kier alpha value is -2.16. The lowest BCUT2D eigenvalue weighted by Gasteiger charge is -2.30. The molecule has 0 bridgehead atoms. The van der Waals surface area contributed by atoms with Crippen molar-refractivity contribution in [1.82, 2.24) is 0 Å². The normalized spacial score (nSPS) is 13.3. The Morgan fingerprint density at radius 1 is 0.909 bits per heavy atom.